The number of rotatable bonds is 5. The second kappa shape index (κ2) is 7.47. The largest absolute Gasteiger partial charge is 0.356 e. The van der Waals surface area contributed by atoms with E-state index < -0.39 is 0 Å². The van der Waals surface area contributed by atoms with Gasteiger partial charge in [0.15, 0.2) is 5.96 Å². The first-order valence-corrected chi connectivity index (χ1v) is 7.18. The Morgan fingerprint density at radius 3 is 2.86 bits per heavy atom. The van der Waals surface area contributed by atoms with Crippen LogP contribution in [0.25, 0.3) is 0 Å². The number of nitrogens with zero attached hydrogens (tertiary/aromatic N) is 2. The Morgan fingerprint density at radius 2 is 2.19 bits per heavy atom. The van der Waals surface area contributed by atoms with Crippen LogP contribution in [0.3, 0.4) is 0 Å². The molecular formula is C16H23N5. The van der Waals surface area contributed by atoms with Crippen LogP contribution in [0.15, 0.2) is 41.5 Å². The second-order valence-corrected chi connectivity index (χ2v) is 5.20. The number of aryl methyl sites for hydroxylation is 1. The van der Waals surface area contributed by atoms with Crippen molar-refractivity contribution in [1.29, 1.82) is 0 Å². The van der Waals surface area contributed by atoms with Gasteiger partial charge in [-0.15, -0.1) is 0 Å². The second-order valence-electron chi connectivity index (χ2n) is 5.20. The standard InChI is InChI=1S/C16H23N5/c1-12-5-4-6-14(9-12)13(2)10-18-16(17-3)19-11-15-7-8-20-21-15/h4-9,13H,10-11H2,1-3H3,(H,20,21)(H2,17,18,19). The van der Waals surface area contributed by atoms with Gasteiger partial charge >= 0.3 is 0 Å². The fourth-order valence-electron chi connectivity index (χ4n) is 2.13. The molecule has 3 N–H and O–H groups in total. The molecule has 5 nitrogen and oxygen atoms in total. The van der Waals surface area contributed by atoms with Crippen molar-refractivity contribution in [2.75, 3.05) is 13.6 Å². The Bertz CT molecular complexity index is 574. The molecule has 112 valence electrons. The maximum atomic E-state index is 4.23. The molecule has 0 aliphatic carbocycles. The van der Waals surface area contributed by atoms with Crippen LogP contribution in [0.2, 0.25) is 0 Å². The van der Waals surface area contributed by atoms with E-state index in [0.29, 0.717) is 12.5 Å². The van der Waals surface area contributed by atoms with Crippen molar-refractivity contribution in [3.05, 3.63) is 53.3 Å². The fourth-order valence-corrected chi connectivity index (χ4v) is 2.13. The molecular weight excluding hydrogens is 262 g/mol. The highest BCUT2D eigenvalue weighted by atomic mass is 15.2. The Labute approximate surface area is 125 Å². The Hall–Kier alpha value is -2.30. The summed E-state index contributed by atoms with van der Waals surface area (Å²) in [4.78, 5) is 4.23. The summed E-state index contributed by atoms with van der Waals surface area (Å²) in [5, 5.41) is 13.5. The van der Waals surface area contributed by atoms with Gasteiger partial charge in [0, 0.05) is 19.8 Å². The van der Waals surface area contributed by atoms with E-state index in [2.05, 4.69) is 63.9 Å². The summed E-state index contributed by atoms with van der Waals surface area (Å²) in [6.45, 7) is 5.85. The van der Waals surface area contributed by atoms with Crippen molar-refractivity contribution in [1.82, 2.24) is 20.8 Å². The van der Waals surface area contributed by atoms with Gasteiger partial charge in [-0.3, -0.25) is 10.1 Å². The van der Waals surface area contributed by atoms with E-state index in [9.17, 15) is 0 Å². The number of aliphatic imine (C=N–C) groups is 1. The van der Waals surface area contributed by atoms with Crippen LogP contribution in [0, 0.1) is 6.92 Å². The number of aromatic amines is 1. The summed E-state index contributed by atoms with van der Waals surface area (Å²) < 4.78 is 0. The first-order valence-electron chi connectivity index (χ1n) is 7.18. The van der Waals surface area contributed by atoms with Gasteiger partial charge in [-0.1, -0.05) is 36.8 Å². The predicted molar refractivity (Wildman–Crippen MR) is 86.4 cm³/mol. The molecule has 21 heavy (non-hydrogen) atoms. The lowest BCUT2D eigenvalue weighted by Gasteiger charge is -2.16. The van der Waals surface area contributed by atoms with Gasteiger partial charge in [0.25, 0.3) is 0 Å². The van der Waals surface area contributed by atoms with Crippen molar-refractivity contribution in [2.45, 2.75) is 26.3 Å². The summed E-state index contributed by atoms with van der Waals surface area (Å²) in [7, 11) is 1.78. The van der Waals surface area contributed by atoms with Crippen LogP contribution in [0.5, 0.6) is 0 Å². The highest BCUT2D eigenvalue weighted by Gasteiger charge is 2.07. The molecule has 0 amide bonds. The molecule has 0 spiro atoms. The number of hydrogen-bond acceptors (Lipinski definition) is 2. The Morgan fingerprint density at radius 1 is 1.33 bits per heavy atom. The van der Waals surface area contributed by atoms with Gasteiger partial charge in [-0.25, -0.2) is 0 Å². The smallest absolute Gasteiger partial charge is 0.191 e. The van der Waals surface area contributed by atoms with Gasteiger partial charge in [-0.2, -0.15) is 5.10 Å². The number of H-pyrrole nitrogens is 1. The third kappa shape index (κ3) is 4.63. The van der Waals surface area contributed by atoms with Crippen LogP contribution in [0.4, 0.5) is 0 Å². The molecule has 1 heterocycles. The molecule has 5 heteroatoms. The van der Waals surface area contributed by atoms with Crippen LogP contribution < -0.4 is 10.6 Å². The molecule has 1 aromatic carbocycles. The first kappa shape index (κ1) is 15.1. The quantitative estimate of drug-likeness (QED) is 0.583. The zero-order valence-corrected chi connectivity index (χ0v) is 12.9. The van der Waals surface area contributed by atoms with Crippen molar-refractivity contribution >= 4 is 5.96 Å². The maximum absolute atomic E-state index is 4.23. The highest BCUT2D eigenvalue weighted by molar-refractivity contribution is 5.79. The average molecular weight is 285 g/mol. The molecule has 0 fully saturated rings. The van der Waals surface area contributed by atoms with E-state index in [-0.39, 0.29) is 0 Å². The molecule has 2 rings (SSSR count). The van der Waals surface area contributed by atoms with E-state index in [0.717, 1.165) is 18.2 Å². The number of hydrogen-bond donors (Lipinski definition) is 3. The summed E-state index contributed by atoms with van der Waals surface area (Å²) >= 11 is 0. The lowest BCUT2D eigenvalue weighted by Crippen LogP contribution is -2.38. The minimum atomic E-state index is 0.426. The first-order chi connectivity index (χ1) is 10.2. The van der Waals surface area contributed by atoms with Crippen molar-refractivity contribution in [2.24, 2.45) is 4.99 Å². The predicted octanol–water partition coefficient (Wildman–Crippen LogP) is 2.19. The van der Waals surface area contributed by atoms with Gasteiger partial charge in [0.1, 0.15) is 0 Å². The lowest BCUT2D eigenvalue weighted by molar-refractivity contribution is 0.696. The summed E-state index contributed by atoms with van der Waals surface area (Å²) in [6, 6.07) is 10.6. The summed E-state index contributed by atoms with van der Waals surface area (Å²) in [5.74, 6) is 1.22. The van der Waals surface area contributed by atoms with Gasteiger partial charge < -0.3 is 10.6 Å². The van der Waals surface area contributed by atoms with Crippen molar-refractivity contribution < 1.29 is 0 Å². The van der Waals surface area contributed by atoms with E-state index in [1.54, 1.807) is 13.2 Å². The molecule has 0 radical (unpaired) electrons. The summed E-state index contributed by atoms with van der Waals surface area (Å²) in [6.07, 6.45) is 1.74. The molecule has 2 aromatic rings. The normalized spacial score (nSPS) is 13.0. The Kier molecular flexibility index (Phi) is 5.37. The van der Waals surface area contributed by atoms with Crippen LogP contribution in [0.1, 0.15) is 29.7 Å². The van der Waals surface area contributed by atoms with E-state index in [1.165, 1.54) is 11.1 Å². The van der Waals surface area contributed by atoms with Gasteiger partial charge in [-0.05, 0) is 24.5 Å². The molecule has 0 aliphatic rings. The number of guanidine groups is 1. The molecule has 0 bridgehead atoms. The number of aromatic nitrogens is 2. The third-order valence-electron chi connectivity index (χ3n) is 3.42. The van der Waals surface area contributed by atoms with E-state index in [1.807, 2.05) is 6.07 Å². The number of nitrogens with one attached hydrogen (secondary N) is 3. The summed E-state index contributed by atoms with van der Waals surface area (Å²) in [5.41, 5.74) is 3.66. The SMILES string of the molecule is CN=C(NCc1ccn[nH]1)NCC(C)c1cccc(C)c1. The van der Waals surface area contributed by atoms with Gasteiger partial charge in [0.2, 0.25) is 0 Å². The van der Waals surface area contributed by atoms with Crippen LogP contribution >= 0.6 is 0 Å². The van der Waals surface area contributed by atoms with Gasteiger partial charge in [0.05, 0.1) is 12.2 Å². The molecule has 0 aliphatic heterocycles. The van der Waals surface area contributed by atoms with Crippen LogP contribution in [-0.4, -0.2) is 29.7 Å². The molecule has 0 saturated heterocycles. The minimum absolute atomic E-state index is 0.426. The molecule has 1 aromatic heterocycles. The van der Waals surface area contributed by atoms with E-state index in [4.69, 9.17) is 0 Å². The van der Waals surface area contributed by atoms with E-state index >= 15 is 0 Å². The molecule has 0 saturated carbocycles. The topological polar surface area (TPSA) is 65.1 Å². The van der Waals surface area contributed by atoms with Crippen molar-refractivity contribution in [3.8, 4) is 0 Å². The lowest BCUT2D eigenvalue weighted by atomic mass is 9.99. The average Bonchev–Trinajstić information content (AvgIpc) is 3.00. The zero-order chi connectivity index (χ0) is 15.1. The maximum Gasteiger partial charge on any atom is 0.191 e. The third-order valence-corrected chi connectivity index (χ3v) is 3.42. The minimum Gasteiger partial charge on any atom is -0.356 e. The molecule has 1 atom stereocenters. The monoisotopic (exact) mass is 285 g/mol. The Balaban J connectivity index is 1.82. The fraction of sp³-hybridized carbons (Fsp3) is 0.375. The van der Waals surface area contributed by atoms with Crippen LogP contribution in [-0.2, 0) is 6.54 Å². The highest BCUT2D eigenvalue weighted by Crippen LogP contribution is 2.15. The molecule has 1 unspecified atom stereocenters. The number of benzene rings is 1. The van der Waals surface area contributed by atoms with Crippen molar-refractivity contribution in [3.63, 3.8) is 0 Å². The zero-order valence-electron chi connectivity index (χ0n) is 12.9.